The van der Waals surface area contributed by atoms with Crippen molar-refractivity contribution in [1.29, 1.82) is 0 Å². The summed E-state index contributed by atoms with van der Waals surface area (Å²) in [5.74, 6) is -0.589. The largest absolute Gasteiger partial charge is 0.462 e. The predicted molar refractivity (Wildman–Crippen MR) is 72.0 cm³/mol. The van der Waals surface area contributed by atoms with Crippen LogP contribution in [0.3, 0.4) is 0 Å². The Bertz CT molecular complexity index is 578. The van der Waals surface area contributed by atoms with Crippen molar-refractivity contribution in [2.24, 2.45) is 0 Å². The van der Waals surface area contributed by atoms with E-state index in [1.807, 2.05) is 0 Å². The molecule has 0 saturated carbocycles. The topological polar surface area (TPSA) is 39.2 Å². The van der Waals surface area contributed by atoms with Crippen molar-refractivity contribution in [3.63, 3.8) is 0 Å². The van der Waals surface area contributed by atoms with E-state index >= 15 is 0 Å². The van der Waals surface area contributed by atoms with Gasteiger partial charge in [0.1, 0.15) is 10.7 Å². The molecule has 100 valence electrons. The number of carbonyl (C=O) groups is 1. The molecule has 0 saturated heterocycles. The van der Waals surface area contributed by atoms with E-state index in [1.54, 1.807) is 26.0 Å². The number of carbonyl (C=O) groups excluding carboxylic acids is 1. The maximum Gasteiger partial charge on any atom is 0.350 e. The molecular formula is C14H14FNO2S. The van der Waals surface area contributed by atoms with Crippen molar-refractivity contribution in [2.45, 2.75) is 20.3 Å². The molecule has 0 N–H and O–H groups in total. The first-order valence-corrected chi connectivity index (χ1v) is 6.79. The molecule has 1 aromatic heterocycles. The molecule has 0 amide bonds. The third-order valence-corrected chi connectivity index (χ3v) is 3.71. The molecule has 0 aliphatic heterocycles. The van der Waals surface area contributed by atoms with Gasteiger partial charge in [0.2, 0.25) is 0 Å². The summed E-state index contributed by atoms with van der Waals surface area (Å²) in [5.41, 5.74) is 1.64. The van der Waals surface area contributed by atoms with E-state index in [9.17, 15) is 9.18 Å². The second-order valence-corrected chi connectivity index (χ2v) is 5.13. The Kier molecular flexibility index (Phi) is 4.27. The van der Waals surface area contributed by atoms with E-state index in [2.05, 4.69) is 4.98 Å². The minimum Gasteiger partial charge on any atom is -0.462 e. The molecule has 0 radical (unpaired) electrons. The lowest BCUT2D eigenvalue weighted by atomic mass is 10.1. The predicted octanol–water partition coefficient (Wildman–Crippen LogP) is 3.36. The van der Waals surface area contributed by atoms with Gasteiger partial charge in [-0.2, -0.15) is 0 Å². The number of thiazole rings is 1. The Morgan fingerprint density at radius 3 is 2.68 bits per heavy atom. The lowest BCUT2D eigenvalue weighted by Gasteiger charge is -1.98. The van der Waals surface area contributed by atoms with Crippen molar-refractivity contribution >= 4 is 17.3 Å². The first kappa shape index (κ1) is 13.7. The number of hydrogen-bond acceptors (Lipinski definition) is 4. The second-order valence-electron chi connectivity index (χ2n) is 4.05. The normalized spacial score (nSPS) is 10.5. The number of benzene rings is 1. The van der Waals surface area contributed by atoms with Gasteiger partial charge in [0.05, 0.1) is 17.3 Å². The highest BCUT2D eigenvalue weighted by molar-refractivity contribution is 7.13. The molecule has 3 nitrogen and oxygen atoms in total. The van der Waals surface area contributed by atoms with Gasteiger partial charge in [-0.3, -0.25) is 0 Å². The summed E-state index contributed by atoms with van der Waals surface area (Å²) in [5, 5.41) is 0.826. The SMILES string of the molecule is CCOC(=O)c1sc(Cc2ccc(F)cc2)nc1C. The number of esters is 1. The fraction of sp³-hybridized carbons (Fsp3) is 0.286. The summed E-state index contributed by atoms with van der Waals surface area (Å²) in [6, 6.07) is 6.27. The van der Waals surface area contributed by atoms with Crippen LogP contribution >= 0.6 is 11.3 Å². The van der Waals surface area contributed by atoms with Crippen LogP contribution in [-0.4, -0.2) is 17.6 Å². The van der Waals surface area contributed by atoms with Gasteiger partial charge in [-0.25, -0.2) is 14.2 Å². The first-order chi connectivity index (χ1) is 9.10. The Labute approximate surface area is 115 Å². The van der Waals surface area contributed by atoms with E-state index in [0.29, 0.717) is 23.6 Å². The van der Waals surface area contributed by atoms with E-state index in [4.69, 9.17) is 4.74 Å². The highest BCUT2D eigenvalue weighted by Gasteiger charge is 2.16. The molecule has 1 aromatic carbocycles. The Morgan fingerprint density at radius 2 is 2.05 bits per heavy atom. The third kappa shape index (κ3) is 3.38. The average Bonchev–Trinajstić information content (AvgIpc) is 2.74. The van der Waals surface area contributed by atoms with Crippen molar-refractivity contribution in [3.05, 3.63) is 51.2 Å². The number of aromatic nitrogens is 1. The summed E-state index contributed by atoms with van der Waals surface area (Å²) >= 11 is 1.33. The number of aryl methyl sites for hydroxylation is 1. The van der Waals surface area contributed by atoms with Crippen LogP contribution in [0.4, 0.5) is 4.39 Å². The lowest BCUT2D eigenvalue weighted by Crippen LogP contribution is -2.03. The van der Waals surface area contributed by atoms with Gasteiger partial charge in [0, 0.05) is 6.42 Å². The fourth-order valence-electron chi connectivity index (χ4n) is 1.69. The molecule has 0 fully saturated rings. The van der Waals surface area contributed by atoms with Crippen molar-refractivity contribution in [3.8, 4) is 0 Å². The number of rotatable bonds is 4. The van der Waals surface area contributed by atoms with Crippen LogP contribution in [0.25, 0.3) is 0 Å². The quantitative estimate of drug-likeness (QED) is 0.806. The Hall–Kier alpha value is -1.75. The van der Waals surface area contributed by atoms with Gasteiger partial charge in [-0.15, -0.1) is 11.3 Å². The Balaban J connectivity index is 2.16. The Morgan fingerprint density at radius 1 is 1.37 bits per heavy atom. The van der Waals surface area contributed by atoms with Gasteiger partial charge in [0.25, 0.3) is 0 Å². The second kappa shape index (κ2) is 5.93. The van der Waals surface area contributed by atoms with Crippen LogP contribution < -0.4 is 0 Å². The first-order valence-electron chi connectivity index (χ1n) is 5.98. The van der Waals surface area contributed by atoms with Crippen LogP contribution in [0.2, 0.25) is 0 Å². The highest BCUT2D eigenvalue weighted by Crippen LogP contribution is 2.21. The number of ether oxygens (including phenoxy) is 1. The summed E-state index contributed by atoms with van der Waals surface area (Å²) in [4.78, 5) is 16.6. The molecule has 19 heavy (non-hydrogen) atoms. The monoisotopic (exact) mass is 279 g/mol. The van der Waals surface area contributed by atoms with E-state index in [1.165, 1.54) is 23.5 Å². The van der Waals surface area contributed by atoms with Gasteiger partial charge in [-0.1, -0.05) is 12.1 Å². The standard InChI is InChI=1S/C14H14FNO2S/c1-3-18-14(17)13-9(2)16-12(19-13)8-10-4-6-11(15)7-5-10/h4-7H,3,8H2,1-2H3. The molecule has 0 aliphatic rings. The average molecular weight is 279 g/mol. The van der Waals surface area contributed by atoms with Crippen molar-refractivity contribution < 1.29 is 13.9 Å². The maximum atomic E-state index is 12.8. The highest BCUT2D eigenvalue weighted by atomic mass is 32.1. The molecule has 0 atom stereocenters. The zero-order valence-corrected chi connectivity index (χ0v) is 11.6. The van der Waals surface area contributed by atoms with Crippen LogP contribution in [0.1, 0.15) is 32.9 Å². The molecule has 0 spiro atoms. The number of nitrogens with zero attached hydrogens (tertiary/aromatic N) is 1. The summed E-state index contributed by atoms with van der Waals surface area (Å²) < 4.78 is 17.8. The molecule has 2 rings (SSSR count). The van der Waals surface area contributed by atoms with Gasteiger partial charge >= 0.3 is 5.97 Å². The molecule has 0 aliphatic carbocycles. The van der Waals surface area contributed by atoms with Crippen molar-refractivity contribution in [2.75, 3.05) is 6.61 Å². The number of halogens is 1. The third-order valence-electron chi connectivity index (χ3n) is 2.57. The zero-order chi connectivity index (χ0) is 13.8. The molecule has 5 heteroatoms. The summed E-state index contributed by atoms with van der Waals surface area (Å²) in [6.45, 7) is 3.91. The molecule has 0 unspecified atom stereocenters. The van der Waals surface area contributed by atoms with E-state index in [0.717, 1.165) is 10.6 Å². The van der Waals surface area contributed by atoms with E-state index in [-0.39, 0.29) is 11.8 Å². The summed E-state index contributed by atoms with van der Waals surface area (Å²) in [6.07, 6.45) is 0.588. The van der Waals surface area contributed by atoms with Crippen LogP contribution in [0.5, 0.6) is 0 Å². The number of hydrogen-bond donors (Lipinski definition) is 0. The van der Waals surface area contributed by atoms with Gasteiger partial charge in [-0.05, 0) is 31.5 Å². The molecule has 0 bridgehead atoms. The minimum absolute atomic E-state index is 0.258. The van der Waals surface area contributed by atoms with E-state index < -0.39 is 0 Å². The van der Waals surface area contributed by atoms with Crippen molar-refractivity contribution in [1.82, 2.24) is 4.98 Å². The fourth-order valence-corrected chi connectivity index (χ4v) is 2.68. The van der Waals surface area contributed by atoms with Gasteiger partial charge < -0.3 is 4.74 Å². The molecule has 1 heterocycles. The minimum atomic E-state index is -0.331. The zero-order valence-electron chi connectivity index (χ0n) is 10.8. The molecular weight excluding hydrogens is 265 g/mol. The lowest BCUT2D eigenvalue weighted by molar-refractivity contribution is 0.0531. The van der Waals surface area contributed by atoms with Crippen LogP contribution in [0.15, 0.2) is 24.3 Å². The smallest absolute Gasteiger partial charge is 0.350 e. The maximum absolute atomic E-state index is 12.8. The molecule has 2 aromatic rings. The van der Waals surface area contributed by atoms with Crippen LogP contribution in [0, 0.1) is 12.7 Å². The van der Waals surface area contributed by atoms with Gasteiger partial charge in [0.15, 0.2) is 0 Å². The summed E-state index contributed by atoms with van der Waals surface area (Å²) in [7, 11) is 0. The van der Waals surface area contributed by atoms with Crippen LogP contribution in [-0.2, 0) is 11.2 Å².